The molecular weight excluding hydrogens is 276 g/mol. The summed E-state index contributed by atoms with van der Waals surface area (Å²) in [5.74, 6) is -2.24. The van der Waals surface area contributed by atoms with Crippen molar-refractivity contribution in [3.63, 3.8) is 0 Å². The summed E-state index contributed by atoms with van der Waals surface area (Å²) < 4.78 is 5.08. The van der Waals surface area contributed by atoms with Gasteiger partial charge in [-0.1, -0.05) is 19.1 Å². The molecule has 0 spiro atoms. The number of carboxylic acids is 1. The van der Waals surface area contributed by atoms with Gasteiger partial charge >= 0.3 is 11.9 Å². The summed E-state index contributed by atoms with van der Waals surface area (Å²) in [6, 6.07) is 0. The van der Waals surface area contributed by atoms with E-state index in [0.717, 1.165) is 0 Å². The summed E-state index contributed by atoms with van der Waals surface area (Å²) in [6.45, 7) is 7.68. The summed E-state index contributed by atoms with van der Waals surface area (Å²) in [4.78, 5) is 23.7. The number of hydrogen-bond acceptors (Lipinski definition) is 5. The number of carbonyl (C=O) groups is 2. The average Bonchev–Trinajstić information content (AvgIpc) is 2.48. The molecule has 0 aliphatic carbocycles. The number of aliphatic carboxylic acids is 1. The van der Waals surface area contributed by atoms with Gasteiger partial charge in [-0.3, -0.25) is 9.59 Å². The van der Waals surface area contributed by atoms with E-state index in [1.54, 1.807) is 6.92 Å². The van der Waals surface area contributed by atoms with Crippen LogP contribution in [0.3, 0.4) is 0 Å². The first-order valence-electron chi connectivity index (χ1n) is 6.72. The van der Waals surface area contributed by atoms with Crippen LogP contribution in [-0.2, 0) is 14.3 Å². The summed E-state index contributed by atoms with van der Waals surface area (Å²) in [7, 11) is 0. The number of hydrogen-bond donors (Lipinski definition) is 3. The van der Waals surface area contributed by atoms with Crippen molar-refractivity contribution in [1.29, 1.82) is 0 Å². The highest BCUT2D eigenvalue weighted by Crippen LogP contribution is 2.31. The molecule has 0 aliphatic heterocycles. The minimum absolute atomic E-state index is 0.0927. The fourth-order valence-electron chi connectivity index (χ4n) is 1.83. The lowest BCUT2D eigenvalue weighted by molar-refractivity contribution is -0.172. The van der Waals surface area contributed by atoms with Gasteiger partial charge in [0.2, 0.25) is 0 Å². The number of ether oxygens (including phenoxy) is 1. The van der Waals surface area contributed by atoms with Gasteiger partial charge in [-0.05, 0) is 19.3 Å². The Morgan fingerprint density at radius 1 is 1.14 bits per heavy atom. The third kappa shape index (κ3) is 4.41. The molecule has 0 atom stereocenters. The topological polar surface area (TPSA) is 104 Å². The third-order valence-electron chi connectivity index (χ3n) is 3.72. The zero-order valence-electron chi connectivity index (χ0n) is 12.4. The lowest BCUT2D eigenvalue weighted by Gasteiger charge is -2.31. The molecule has 0 aromatic rings. The van der Waals surface area contributed by atoms with Crippen LogP contribution >= 0.6 is 0 Å². The van der Waals surface area contributed by atoms with Crippen LogP contribution in [0.2, 0.25) is 0 Å². The van der Waals surface area contributed by atoms with Crippen molar-refractivity contribution in [3.05, 3.63) is 25.3 Å². The zero-order chi connectivity index (χ0) is 16.5. The normalized spacial score (nSPS) is 11.8. The first-order valence-corrected chi connectivity index (χ1v) is 6.72. The molecule has 6 heteroatoms. The van der Waals surface area contributed by atoms with E-state index in [-0.39, 0.29) is 32.7 Å². The second kappa shape index (κ2) is 8.59. The molecule has 0 heterocycles. The largest absolute Gasteiger partial charge is 0.480 e. The van der Waals surface area contributed by atoms with E-state index in [4.69, 9.17) is 4.74 Å². The van der Waals surface area contributed by atoms with Gasteiger partial charge in [-0.25, -0.2) is 0 Å². The number of carbonyl (C=O) groups excluding carboxylic acids is 1. The Morgan fingerprint density at radius 3 is 1.90 bits per heavy atom. The zero-order valence-corrected chi connectivity index (χ0v) is 12.4. The molecule has 0 aromatic carbocycles. The van der Waals surface area contributed by atoms with E-state index in [1.807, 2.05) is 0 Å². The van der Waals surface area contributed by atoms with Crippen LogP contribution in [0.5, 0.6) is 0 Å². The van der Waals surface area contributed by atoms with Gasteiger partial charge < -0.3 is 20.1 Å². The van der Waals surface area contributed by atoms with Crippen LogP contribution in [-0.4, -0.2) is 47.1 Å². The summed E-state index contributed by atoms with van der Waals surface area (Å²) in [5.41, 5.74) is -2.74. The minimum atomic E-state index is -1.77. The summed E-state index contributed by atoms with van der Waals surface area (Å²) in [6.07, 6.45) is 2.87. The highest BCUT2D eigenvalue weighted by atomic mass is 16.5. The maximum Gasteiger partial charge on any atom is 0.324 e. The van der Waals surface area contributed by atoms with Crippen molar-refractivity contribution in [3.8, 4) is 0 Å². The Hall–Kier alpha value is -1.66. The maximum absolute atomic E-state index is 12.2. The molecule has 0 rings (SSSR count). The second-order valence-electron chi connectivity index (χ2n) is 5.12. The molecule has 0 aliphatic rings. The molecule has 3 N–H and O–H groups in total. The highest BCUT2D eigenvalue weighted by molar-refractivity contribution is 5.99. The van der Waals surface area contributed by atoms with Gasteiger partial charge in [0.1, 0.15) is 6.61 Å². The third-order valence-corrected chi connectivity index (χ3v) is 3.72. The Labute approximate surface area is 124 Å². The predicted molar refractivity (Wildman–Crippen MR) is 77.6 cm³/mol. The van der Waals surface area contributed by atoms with E-state index in [1.165, 1.54) is 12.2 Å². The number of rotatable bonds is 11. The molecule has 0 saturated heterocycles. The molecule has 0 saturated carbocycles. The van der Waals surface area contributed by atoms with E-state index in [2.05, 4.69) is 13.2 Å². The van der Waals surface area contributed by atoms with Gasteiger partial charge in [0.15, 0.2) is 5.41 Å². The van der Waals surface area contributed by atoms with Crippen LogP contribution < -0.4 is 0 Å². The number of aliphatic hydroxyl groups is 2. The van der Waals surface area contributed by atoms with Crippen LogP contribution in [0.1, 0.15) is 26.2 Å². The number of carboxylic acid groups (broad SMARTS) is 1. The molecule has 21 heavy (non-hydrogen) atoms. The van der Waals surface area contributed by atoms with Gasteiger partial charge in [-0.15, -0.1) is 13.2 Å². The molecule has 0 radical (unpaired) electrons. The Kier molecular flexibility index (Phi) is 7.91. The number of aliphatic hydroxyl groups excluding tert-OH is 2. The molecule has 120 valence electrons. The van der Waals surface area contributed by atoms with Crippen LogP contribution in [0.15, 0.2) is 25.3 Å². The summed E-state index contributed by atoms with van der Waals surface area (Å²) in [5, 5.41) is 28.0. The monoisotopic (exact) mass is 300 g/mol. The van der Waals surface area contributed by atoms with Crippen LogP contribution in [0.4, 0.5) is 0 Å². The van der Waals surface area contributed by atoms with Gasteiger partial charge in [0.05, 0.1) is 18.6 Å². The van der Waals surface area contributed by atoms with Crippen molar-refractivity contribution in [2.24, 2.45) is 10.8 Å². The first-order chi connectivity index (χ1) is 9.87. The number of esters is 1. The van der Waals surface area contributed by atoms with Gasteiger partial charge in [0.25, 0.3) is 0 Å². The Balaban J connectivity index is 5.19. The molecule has 0 unspecified atom stereocenters. The number of allylic oxidation sites excluding steroid dienone is 2. The average molecular weight is 300 g/mol. The Bertz CT molecular complexity index is 365. The molecule has 0 aromatic heterocycles. The lowest BCUT2D eigenvalue weighted by Crippen LogP contribution is -2.43. The van der Waals surface area contributed by atoms with E-state index in [0.29, 0.717) is 6.42 Å². The fraction of sp³-hybridized carbons (Fsp3) is 0.600. The van der Waals surface area contributed by atoms with Crippen molar-refractivity contribution >= 4 is 11.9 Å². The molecule has 6 nitrogen and oxygen atoms in total. The van der Waals surface area contributed by atoms with Gasteiger partial charge in [0, 0.05) is 0 Å². The molecular formula is C15H24O6. The van der Waals surface area contributed by atoms with Crippen molar-refractivity contribution in [2.75, 3.05) is 19.8 Å². The minimum Gasteiger partial charge on any atom is -0.480 e. The van der Waals surface area contributed by atoms with E-state index < -0.39 is 22.8 Å². The Morgan fingerprint density at radius 2 is 1.62 bits per heavy atom. The van der Waals surface area contributed by atoms with E-state index in [9.17, 15) is 24.9 Å². The standard InChI is InChI=1S/C15H24O6/c1-4-7-15(8-5-2,12(18)19)13(20)21-11-14(6-3,9-16)10-17/h4-5,16-17H,1-2,6-11H2,3H3,(H,18,19). The summed E-state index contributed by atoms with van der Waals surface area (Å²) >= 11 is 0. The molecule has 0 amide bonds. The van der Waals surface area contributed by atoms with Crippen LogP contribution in [0, 0.1) is 10.8 Å². The second-order valence-corrected chi connectivity index (χ2v) is 5.12. The van der Waals surface area contributed by atoms with Gasteiger partial charge in [-0.2, -0.15) is 0 Å². The fourth-order valence-corrected chi connectivity index (χ4v) is 1.83. The quantitative estimate of drug-likeness (QED) is 0.300. The molecule has 0 fully saturated rings. The van der Waals surface area contributed by atoms with Crippen molar-refractivity contribution in [1.82, 2.24) is 0 Å². The SMILES string of the molecule is C=CCC(CC=C)(C(=O)O)C(=O)OCC(CC)(CO)CO. The molecule has 0 bridgehead atoms. The lowest BCUT2D eigenvalue weighted by atomic mass is 9.81. The highest BCUT2D eigenvalue weighted by Gasteiger charge is 2.46. The predicted octanol–water partition coefficient (Wildman–Crippen LogP) is 1.13. The maximum atomic E-state index is 12.2. The van der Waals surface area contributed by atoms with Crippen LogP contribution in [0.25, 0.3) is 0 Å². The smallest absolute Gasteiger partial charge is 0.324 e. The van der Waals surface area contributed by atoms with Crippen molar-refractivity contribution < 1.29 is 29.6 Å². The first kappa shape index (κ1) is 19.3. The van der Waals surface area contributed by atoms with E-state index >= 15 is 0 Å². The van der Waals surface area contributed by atoms with Crippen molar-refractivity contribution in [2.45, 2.75) is 26.2 Å².